The van der Waals surface area contributed by atoms with Crippen LogP contribution in [0, 0.1) is 5.92 Å². The van der Waals surface area contributed by atoms with Gasteiger partial charge in [0.2, 0.25) is 0 Å². The topological polar surface area (TPSA) is 35.5 Å². The average Bonchev–Trinajstić information content (AvgIpc) is 2.09. The van der Waals surface area contributed by atoms with Gasteiger partial charge in [0, 0.05) is 12.8 Å². The molecule has 0 aliphatic heterocycles. The number of rotatable bonds is 7. The van der Waals surface area contributed by atoms with Crippen LogP contribution in [0.1, 0.15) is 33.6 Å². The lowest BCUT2D eigenvalue weighted by molar-refractivity contribution is -0.142. The fourth-order valence-electron chi connectivity index (χ4n) is 1.12. The highest BCUT2D eigenvalue weighted by atomic mass is 16.5. The van der Waals surface area contributed by atoms with E-state index in [4.69, 9.17) is 9.47 Å². The molecule has 0 bridgehead atoms. The molecule has 0 N–H and O–H groups in total. The molecule has 0 rings (SSSR count). The van der Waals surface area contributed by atoms with E-state index in [2.05, 4.69) is 13.5 Å². The molecule has 0 aromatic heterocycles. The molecule has 0 spiro atoms. The van der Waals surface area contributed by atoms with Crippen LogP contribution in [0.3, 0.4) is 0 Å². The summed E-state index contributed by atoms with van der Waals surface area (Å²) in [6, 6.07) is 0. The Labute approximate surface area is 86.1 Å². The monoisotopic (exact) mass is 200 g/mol. The first-order valence-corrected chi connectivity index (χ1v) is 4.98. The number of ether oxygens (including phenoxy) is 2. The first kappa shape index (κ1) is 13.0. The van der Waals surface area contributed by atoms with Crippen molar-refractivity contribution in [3.63, 3.8) is 0 Å². The number of carbonyl (C=O) groups excluding carboxylic acids is 1. The lowest BCUT2D eigenvalue weighted by Gasteiger charge is -2.16. The smallest absolute Gasteiger partial charge is 0.302 e. The molecule has 0 aromatic carbocycles. The minimum Gasteiger partial charge on any atom is -0.498 e. The molecule has 0 radical (unpaired) electrons. The Morgan fingerprint density at radius 1 is 1.29 bits per heavy atom. The zero-order valence-electron chi connectivity index (χ0n) is 9.34. The quantitative estimate of drug-likeness (QED) is 0.468. The van der Waals surface area contributed by atoms with Crippen molar-refractivity contribution in [3.8, 4) is 0 Å². The van der Waals surface area contributed by atoms with Crippen LogP contribution in [0.5, 0.6) is 0 Å². The molecule has 0 fully saturated rings. The molecular formula is C11H20O3. The van der Waals surface area contributed by atoms with Crippen LogP contribution in [0.25, 0.3) is 0 Å². The Bertz CT molecular complexity index is 169. The second-order valence-corrected chi connectivity index (χ2v) is 3.47. The number of hydrogen-bond acceptors (Lipinski definition) is 3. The van der Waals surface area contributed by atoms with Crippen LogP contribution in [0.2, 0.25) is 0 Å². The Morgan fingerprint density at radius 3 is 2.29 bits per heavy atom. The highest BCUT2D eigenvalue weighted by molar-refractivity contribution is 5.65. The van der Waals surface area contributed by atoms with Gasteiger partial charge in [-0.15, -0.1) is 0 Å². The van der Waals surface area contributed by atoms with E-state index in [0.29, 0.717) is 19.0 Å². The summed E-state index contributed by atoms with van der Waals surface area (Å²) in [4.78, 5) is 10.6. The van der Waals surface area contributed by atoms with E-state index in [-0.39, 0.29) is 11.9 Å². The molecule has 0 aromatic rings. The summed E-state index contributed by atoms with van der Waals surface area (Å²) in [7, 11) is 0. The largest absolute Gasteiger partial charge is 0.498 e. The summed E-state index contributed by atoms with van der Waals surface area (Å²) in [5.41, 5.74) is 0. The first-order chi connectivity index (χ1) is 6.56. The summed E-state index contributed by atoms with van der Waals surface area (Å²) in [5, 5.41) is 0. The summed E-state index contributed by atoms with van der Waals surface area (Å²) in [6.45, 7) is 10.0. The average molecular weight is 200 g/mol. The van der Waals surface area contributed by atoms with Crippen LogP contribution in [0.4, 0.5) is 0 Å². The Morgan fingerprint density at radius 2 is 1.86 bits per heavy atom. The Hall–Kier alpha value is -0.990. The van der Waals surface area contributed by atoms with Crippen LogP contribution >= 0.6 is 0 Å². The van der Waals surface area contributed by atoms with Gasteiger partial charge >= 0.3 is 5.97 Å². The predicted molar refractivity (Wildman–Crippen MR) is 55.8 cm³/mol. The second kappa shape index (κ2) is 7.42. The third-order valence-corrected chi connectivity index (χ3v) is 1.78. The lowest BCUT2D eigenvalue weighted by Crippen LogP contribution is -2.17. The van der Waals surface area contributed by atoms with Crippen LogP contribution in [0.15, 0.2) is 12.3 Å². The normalized spacial score (nSPS) is 11.9. The fourth-order valence-corrected chi connectivity index (χ4v) is 1.12. The van der Waals surface area contributed by atoms with Crippen molar-refractivity contribution in [2.24, 2.45) is 5.92 Å². The van der Waals surface area contributed by atoms with Crippen LogP contribution in [-0.4, -0.2) is 19.2 Å². The van der Waals surface area contributed by atoms with Gasteiger partial charge in [-0.25, -0.2) is 0 Å². The third kappa shape index (κ3) is 7.65. The summed E-state index contributed by atoms with van der Waals surface area (Å²) in [6.07, 6.45) is 2.06. The van der Waals surface area contributed by atoms with E-state index in [1.54, 1.807) is 0 Å². The molecule has 3 heteroatoms. The number of hydrogen-bond donors (Lipinski definition) is 0. The second-order valence-electron chi connectivity index (χ2n) is 3.47. The molecule has 0 aliphatic carbocycles. The van der Waals surface area contributed by atoms with Gasteiger partial charge in [0.1, 0.15) is 0 Å². The van der Waals surface area contributed by atoms with E-state index < -0.39 is 0 Å². The van der Waals surface area contributed by atoms with Gasteiger partial charge in [0.15, 0.2) is 0 Å². The third-order valence-electron chi connectivity index (χ3n) is 1.78. The van der Waals surface area contributed by atoms with Crippen molar-refractivity contribution < 1.29 is 14.3 Å². The maximum atomic E-state index is 10.6. The van der Waals surface area contributed by atoms with Gasteiger partial charge in [-0.2, -0.15) is 0 Å². The molecule has 0 saturated carbocycles. The van der Waals surface area contributed by atoms with E-state index in [9.17, 15) is 4.79 Å². The van der Waals surface area contributed by atoms with Crippen LogP contribution < -0.4 is 0 Å². The molecule has 1 atom stereocenters. The SMILES string of the molecule is C=C(C)OCC(CCC)COC(C)=O. The van der Waals surface area contributed by atoms with Crippen molar-refractivity contribution in [1.29, 1.82) is 0 Å². The van der Waals surface area contributed by atoms with Gasteiger partial charge in [-0.05, 0) is 13.3 Å². The first-order valence-electron chi connectivity index (χ1n) is 4.98. The minimum atomic E-state index is -0.235. The van der Waals surface area contributed by atoms with Crippen molar-refractivity contribution in [2.75, 3.05) is 13.2 Å². The van der Waals surface area contributed by atoms with Crippen molar-refractivity contribution in [3.05, 3.63) is 12.3 Å². The lowest BCUT2D eigenvalue weighted by atomic mass is 10.1. The zero-order chi connectivity index (χ0) is 11.0. The highest BCUT2D eigenvalue weighted by Crippen LogP contribution is 2.09. The minimum absolute atomic E-state index is 0.235. The Kier molecular flexibility index (Phi) is 6.89. The highest BCUT2D eigenvalue weighted by Gasteiger charge is 2.10. The van der Waals surface area contributed by atoms with E-state index in [0.717, 1.165) is 12.8 Å². The molecule has 82 valence electrons. The predicted octanol–water partition coefficient (Wildman–Crippen LogP) is 2.52. The number of carbonyl (C=O) groups is 1. The van der Waals surface area contributed by atoms with Crippen LogP contribution in [-0.2, 0) is 14.3 Å². The maximum Gasteiger partial charge on any atom is 0.302 e. The molecule has 1 unspecified atom stereocenters. The summed E-state index contributed by atoms with van der Waals surface area (Å²) < 4.78 is 10.2. The van der Waals surface area contributed by atoms with Gasteiger partial charge in [0.25, 0.3) is 0 Å². The zero-order valence-corrected chi connectivity index (χ0v) is 9.34. The number of allylic oxidation sites excluding steroid dienone is 1. The number of esters is 1. The molecule has 0 heterocycles. The van der Waals surface area contributed by atoms with E-state index in [1.807, 2.05) is 6.92 Å². The van der Waals surface area contributed by atoms with E-state index >= 15 is 0 Å². The summed E-state index contributed by atoms with van der Waals surface area (Å²) >= 11 is 0. The molecule has 14 heavy (non-hydrogen) atoms. The Balaban J connectivity index is 3.76. The maximum absolute atomic E-state index is 10.6. The fraction of sp³-hybridized carbons (Fsp3) is 0.727. The van der Waals surface area contributed by atoms with Gasteiger partial charge in [0.05, 0.1) is 19.0 Å². The van der Waals surface area contributed by atoms with Crippen molar-refractivity contribution >= 4 is 5.97 Å². The molecule has 0 amide bonds. The van der Waals surface area contributed by atoms with Gasteiger partial charge < -0.3 is 9.47 Å². The van der Waals surface area contributed by atoms with Crippen molar-refractivity contribution in [2.45, 2.75) is 33.6 Å². The van der Waals surface area contributed by atoms with Crippen molar-refractivity contribution in [1.82, 2.24) is 0 Å². The summed E-state index contributed by atoms with van der Waals surface area (Å²) in [5.74, 6) is 0.746. The molecule has 0 saturated heterocycles. The molecule has 3 nitrogen and oxygen atoms in total. The molecular weight excluding hydrogens is 180 g/mol. The standard InChI is InChI=1S/C11H20O3/c1-5-6-11(7-13-9(2)3)8-14-10(4)12/h11H,2,5-8H2,1,3-4H3. The van der Waals surface area contributed by atoms with Gasteiger partial charge in [-0.1, -0.05) is 19.9 Å². The molecule has 0 aliphatic rings. The van der Waals surface area contributed by atoms with E-state index in [1.165, 1.54) is 6.92 Å². The van der Waals surface area contributed by atoms with Gasteiger partial charge in [-0.3, -0.25) is 4.79 Å².